The van der Waals surface area contributed by atoms with Crippen LogP contribution in [0.25, 0.3) is 11.3 Å². The van der Waals surface area contributed by atoms with Crippen molar-refractivity contribution in [3.63, 3.8) is 0 Å². The van der Waals surface area contributed by atoms with Crippen LogP contribution in [0.1, 0.15) is 26.8 Å². The van der Waals surface area contributed by atoms with E-state index in [1.807, 2.05) is 73.5 Å². The molecule has 1 amide bonds. The second kappa shape index (κ2) is 10.5. The average molecular weight is 461 g/mol. The number of hydrogen-bond acceptors (Lipinski definition) is 5. The minimum Gasteiger partial charge on any atom is -0.497 e. The normalized spacial score (nSPS) is 12.0. The summed E-state index contributed by atoms with van der Waals surface area (Å²) in [6, 6.07) is 22.0. The molecule has 7 heteroatoms. The smallest absolute Gasteiger partial charge is 0.255 e. The summed E-state index contributed by atoms with van der Waals surface area (Å²) >= 11 is 1.69. The molecule has 0 aliphatic rings. The van der Waals surface area contributed by atoms with Crippen molar-refractivity contribution in [1.29, 1.82) is 0 Å². The maximum Gasteiger partial charge on any atom is 0.255 e. The Balaban J connectivity index is 1.62. The minimum absolute atomic E-state index is 0.105. The quantitative estimate of drug-likeness (QED) is 0.393. The van der Waals surface area contributed by atoms with E-state index in [2.05, 4.69) is 33.8 Å². The van der Waals surface area contributed by atoms with E-state index in [1.54, 1.807) is 18.4 Å². The average Bonchev–Trinajstić information content (AvgIpc) is 3.50. The summed E-state index contributed by atoms with van der Waals surface area (Å²) in [7, 11) is 5.68. The Morgan fingerprint density at radius 1 is 1.12 bits per heavy atom. The van der Waals surface area contributed by atoms with Crippen LogP contribution >= 0.6 is 11.3 Å². The second-order valence-corrected chi connectivity index (χ2v) is 8.99. The van der Waals surface area contributed by atoms with E-state index >= 15 is 0 Å². The van der Waals surface area contributed by atoms with Crippen LogP contribution in [0, 0.1) is 0 Å². The molecule has 0 spiro atoms. The van der Waals surface area contributed by atoms with Gasteiger partial charge in [-0.05, 0) is 43.2 Å². The molecule has 1 N–H and O–H groups in total. The standard InChI is InChI=1S/C26H28N4O2S/c1-29(2)23(24-13-8-14-33-24)16-27-26(31)22-18-30(17-19-9-5-4-6-10-19)28-25(22)20-11-7-12-21(15-20)32-3/h4-15,18,23H,16-17H2,1-3H3,(H,27,31). The number of nitrogens with one attached hydrogen (secondary N) is 1. The van der Waals surface area contributed by atoms with Gasteiger partial charge in [-0.25, -0.2) is 0 Å². The molecule has 0 fully saturated rings. The van der Waals surface area contributed by atoms with Gasteiger partial charge in [0.2, 0.25) is 0 Å². The zero-order valence-corrected chi connectivity index (χ0v) is 19.9. The van der Waals surface area contributed by atoms with Gasteiger partial charge in [0, 0.05) is 23.2 Å². The number of methoxy groups -OCH3 is 1. The number of carbonyl (C=O) groups excluding carboxylic acids is 1. The molecule has 0 saturated heterocycles. The van der Waals surface area contributed by atoms with Crippen LogP contribution in [-0.4, -0.2) is 48.3 Å². The van der Waals surface area contributed by atoms with Gasteiger partial charge in [-0.15, -0.1) is 11.3 Å². The predicted octanol–water partition coefficient (Wildman–Crippen LogP) is 4.70. The molecule has 0 aliphatic heterocycles. The Morgan fingerprint density at radius 2 is 1.94 bits per heavy atom. The van der Waals surface area contributed by atoms with E-state index < -0.39 is 0 Å². The van der Waals surface area contributed by atoms with E-state index in [4.69, 9.17) is 9.84 Å². The van der Waals surface area contributed by atoms with Crippen molar-refractivity contribution in [2.45, 2.75) is 12.6 Å². The van der Waals surface area contributed by atoms with Crippen molar-refractivity contribution in [1.82, 2.24) is 20.0 Å². The van der Waals surface area contributed by atoms with Gasteiger partial charge in [0.25, 0.3) is 5.91 Å². The molecule has 0 aliphatic carbocycles. The third-order valence-electron chi connectivity index (χ3n) is 5.49. The lowest BCUT2D eigenvalue weighted by atomic mass is 10.1. The van der Waals surface area contributed by atoms with E-state index in [9.17, 15) is 4.79 Å². The number of ether oxygens (including phenoxy) is 1. The van der Waals surface area contributed by atoms with E-state index in [0.717, 1.165) is 16.9 Å². The summed E-state index contributed by atoms with van der Waals surface area (Å²) in [6.07, 6.45) is 1.83. The first-order chi connectivity index (χ1) is 16.0. The number of likely N-dealkylation sites (N-methyl/N-ethyl adjacent to an activating group) is 1. The molecule has 0 radical (unpaired) electrons. The fourth-order valence-corrected chi connectivity index (χ4v) is 4.65. The van der Waals surface area contributed by atoms with Crippen molar-refractivity contribution in [3.8, 4) is 17.0 Å². The van der Waals surface area contributed by atoms with Gasteiger partial charge in [0.05, 0.1) is 25.3 Å². The molecule has 0 saturated carbocycles. The topological polar surface area (TPSA) is 59.4 Å². The van der Waals surface area contributed by atoms with Crippen LogP contribution in [0.5, 0.6) is 5.75 Å². The summed E-state index contributed by atoms with van der Waals surface area (Å²) in [5.41, 5.74) is 3.14. The zero-order chi connectivity index (χ0) is 23.2. The van der Waals surface area contributed by atoms with E-state index in [1.165, 1.54) is 4.88 Å². The molecule has 2 heterocycles. The number of benzene rings is 2. The zero-order valence-electron chi connectivity index (χ0n) is 19.1. The molecule has 1 unspecified atom stereocenters. The van der Waals surface area contributed by atoms with Gasteiger partial charge >= 0.3 is 0 Å². The highest BCUT2D eigenvalue weighted by Gasteiger charge is 2.21. The Labute approximate surface area is 198 Å². The molecule has 2 aromatic carbocycles. The first-order valence-electron chi connectivity index (χ1n) is 10.8. The highest BCUT2D eigenvalue weighted by Crippen LogP contribution is 2.27. The summed E-state index contributed by atoms with van der Waals surface area (Å²) < 4.78 is 7.21. The summed E-state index contributed by atoms with van der Waals surface area (Å²) in [4.78, 5) is 16.7. The third-order valence-corrected chi connectivity index (χ3v) is 6.46. The fraction of sp³-hybridized carbons (Fsp3) is 0.231. The monoisotopic (exact) mass is 460 g/mol. The summed E-state index contributed by atoms with van der Waals surface area (Å²) in [5.74, 6) is 0.581. The molecule has 4 aromatic rings. The van der Waals surface area contributed by atoms with Crippen LogP contribution in [0.15, 0.2) is 78.3 Å². The lowest BCUT2D eigenvalue weighted by Crippen LogP contribution is -2.34. The molecule has 0 bridgehead atoms. The van der Waals surface area contributed by atoms with Gasteiger partial charge in [-0.1, -0.05) is 48.5 Å². The predicted molar refractivity (Wildman–Crippen MR) is 133 cm³/mol. The molecule has 6 nitrogen and oxygen atoms in total. The van der Waals surface area contributed by atoms with Gasteiger partial charge < -0.3 is 15.0 Å². The molecule has 2 aromatic heterocycles. The number of thiophene rings is 1. The largest absolute Gasteiger partial charge is 0.497 e. The highest BCUT2D eigenvalue weighted by molar-refractivity contribution is 7.10. The SMILES string of the molecule is COc1cccc(-c2nn(Cc3ccccc3)cc2C(=O)NCC(c2cccs2)N(C)C)c1. The van der Waals surface area contributed by atoms with Gasteiger partial charge in [-0.2, -0.15) is 5.10 Å². The van der Waals surface area contributed by atoms with Gasteiger partial charge in [0.15, 0.2) is 0 Å². The Hall–Kier alpha value is -3.42. The molecular formula is C26H28N4O2S. The first-order valence-corrected chi connectivity index (χ1v) is 11.7. The van der Waals surface area contributed by atoms with Crippen LogP contribution in [0.4, 0.5) is 0 Å². The molecular weight excluding hydrogens is 432 g/mol. The number of rotatable bonds is 9. The second-order valence-electron chi connectivity index (χ2n) is 8.01. The van der Waals surface area contributed by atoms with Crippen LogP contribution < -0.4 is 10.1 Å². The van der Waals surface area contributed by atoms with Gasteiger partial charge in [0.1, 0.15) is 11.4 Å². The fourth-order valence-electron chi connectivity index (χ4n) is 3.73. The minimum atomic E-state index is -0.143. The highest BCUT2D eigenvalue weighted by atomic mass is 32.1. The van der Waals surface area contributed by atoms with Crippen molar-refractivity contribution in [3.05, 3.63) is 94.3 Å². The van der Waals surface area contributed by atoms with E-state index in [-0.39, 0.29) is 11.9 Å². The van der Waals surface area contributed by atoms with Crippen LogP contribution in [0.2, 0.25) is 0 Å². The number of carbonyl (C=O) groups is 1. The number of aromatic nitrogens is 2. The number of nitrogens with zero attached hydrogens (tertiary/aromatic N) is 3. The summed E-state index contributed by atoms with van der Waals surface area (Å²) in [5, 5.41) is 9.96. The molecule has 33 heavy (non-hydrogen) atoms. The maximum absolute atomic E-state index is 13.3. The van der Waals surface area contributed by atoms with Crippen molar-refractivity contribution in [2.75, 3.05) is 27.7 Å². The Bertz CT molecular complexity index is 1190. The Kier molecular flexibility index (Phi) is 7.22. The summed E-state index contributed by atoms with van der Waals surface area (Å²) in [6.45, 7) is 1.09. The van der Waals surface area contributed by atoms with Crippen molar-refractivity contribution < 1.29 is 9.53 Å². The lowest BCUT2D eigenvalue weighted by Gasteiger charge is -2.23. The molecule has 4 rings (SSSR count). The Morgan fingerprint density at radius 3 is 2.64 bits per heavy atom. The number of hydrogen-bond donors (Lipinski definition) is 1. The van der Waals surface area contributed by atoms with Crippen molar-refractivity contribution >= 4 is 17.2 Å². The third kappa shape index (κ3) is 5.50. The number of amides is 1. The maximum atomic E-state index is 13.3. The molecule has 1 atom stereocenters. The van der Waals surface area contributed by atoms with E-state index in [0.29, 0.717) is 24.3 Å². The van der Waals surface area contributed by atoms with Crippen LogP contribution in [-0.2, 0) is 6.54 Å². The van der Waals surface area contributed by atoms with Gasteiger partial charge in [-0.3, -0.25) is 9.48 Å². The van der Waals surface area contributed by atoms with Crippen molar-refractivity contribution in [2.24, 2.45) is 0 Å². The van der Waals surface area contributed by atoms with Crippen LogP contribution in [0.3, 0.4) is 0 Å². The lowest BCUT2D eigenvalue weighted by molar-refractivity contribution is 0.0943. The first kappa shape index (κ1) is 22.8. The molecule has 170 valence electrons.